The molecule has 2 unspecified atom stereocenters. The zero-order chi connectivity index (χ0) is 14.9. The highest BCUT2D eigenvalue weighted by Gasteiger charge is 2.77. The van der Waals surface area contributed by atoms with Crippen molar-refractivity contribution in [3.8, 4) is 0 Å². The Balaban J connectivity index is 1.61. The average Bonchev–Trinajstić information content (AvgIpc) is 3.08. The number of rotatable bonds is 2. The van der Waals surface area contributed by atoms with Crippen molar-refractivity contribution in [3.05, 3.63) is 60.7 Å². The fourth-order valence-corrected chi connectivity index (χ4v) is 4.73. The van der Waals surface area contributed by atoms with Crippen LogP contribution in [-0.4, -0.2) is 19.9 Å². The van der Waals surface area contributed by atoms with Crippen LogP contribution >= 0.6 is 0 Å². The van der Waals surface area contributed by atoms with Gasteiger partial charge in [-0.15, -0.1) is 0 Å². The van der Waals surface area contributed by atoms with Crippen molar-refractivity contribution in [2.75, 3.05) is 0 Å². The summed E-state index contributed by atoms with van der Waals surface area (Å²) in [6.45, 7) is 4.72. The Kier molecular flexibility index (Phi) is 2.05. The van der Waals surface area contributed by atoms with Gasteiger partial charge in [0.15, 0.2) is 0 Å². The molecule has 1 saturated carbocycles. The van der Waals surface area contributed by atoms with Gasteiger partial charge in [0.2, 0.25) is 0 Å². The monoisotopic (exact) mass is 288 g/mol. The SMILES string of the molecule is CC12C=C(c3cnccn3)[C@@H]3[C@H](C(c4cnccn4)=C1)C32C. The standard InChI is InChI=1S/C18H16N4/c1-17-7-11(13-9-19-3-5-21-13)15-16(18(15,17)2)12(8-17)14-10-20-4-6-22-14/h3-10,15-16H,1-2H3/t15-,16+,17?,18?. The first kappa shape index (κ1) is 12.2. The predicted octanol–water partition coefficient (Wildman–Crippen LogP) is 3.02. The van der Waals surface area contributed by atoms with Gasteiger partial charge in [0.1, 0.15) is 0 Å². The summed E-state index contributed by atoms with van der Waals surface area (Å²) in [6.07, 6.45) is 15.5. The fraction of sp³-hybridized carbons (Fsp3) is 0.333. The quantitative estimate of drug-likeness (QED) is 0.852. The molecule has 0 bridgehead atoms. The molecule has 0 radical (unpaired) electrons. The van der Waals surface area contributed by atoms with Crippen LogP contribution in [-0.2, 0) is 0 Å². The second-order valence-electron chi connectivity index (χ2n) is 6.90. The van der Waals surface area contributed by atoms with E-state index < -0.39 is 0 Å². The second-order valence-corrected chi connectivity index (χ2v) is 6.90. The number of hydrogen-bond acceptors (Lipinski definition) is 4. The molecular weight excluding hydrogens is 272 g/mol. The summed E-state index contributed by atoms with van der Waals surface area (Å²) >= 11 is 0. The predicted molar refractivity (Wildman–Crippen MR) is 83.2 cm³/mol. The molecule has 2 aromatic heterocycles. The largest absolute Gasteiger partial charge is 0.261 e. The van der Waals surface area contributed by atoms with Crippen LogP contribution in [0.4, 0.5) is 0 Å². The topological polar surface area (TPSA) is 51.6 Å². The van der Waals surface area contributed by atoms with Crippen LogP contribution in [0.5, 0.6) is 0 Å². The van der Waals surface area contributed by atoms with E-state index in [2.05, 4.69) is 45.9 Å². The summed E-state index contributed by atoms with van der Waals surface area (Å²) in [5.41, 5.74) is 5.04. The Bertz CT molecular complexity index is 759. The number of fused-ring (bicyclic) bond motifs is 1. The second kappa shape index (κ2) is 3.69. The number of allylic oxidation sites excluding steroid dienone is 4. The molecule has 4 atom stereocenters. The normalized spacial score (nSPS) is 37.5. The highest BCUT2D eigenvalue weighted by Crippen LogP contribution is 2.83. The van der Waals surface area contributed by atoms with Gasteiger partial charge in [-0.2, -0.15) is 0 Å². The lowest BCUT2D eigenvalue weighted by molar-refractivity contribution is 0.333. The molecule has 4 heteroatoms. The zero-order valence-electron chi connectivity index (χ0n) is 12.6. The minimum Gasteiger partial charge on any atom is -0.261 e. The van der Waals surface area contributed by atoms with E-state index in [0.29, 0.717) is 11.8 Å². The van der Waals surface area contributed by atoms with Crippen LogP contribution in [0, 0.1) is 22.7 Å². The van der Waals surface area contributed by atoms with Crippen molar-refractivity contribution < 1.29 is 0 Å². The maximum Gasteiger partial charge on any atom is 0.0845 e. The van der Waals surface area contributed by atoms with Gasteiger partial charge in [-0.1, -0.05) is 26.0 Å². The summed E-state index contributed by atoms with van der Waals surface area (Å²) in [5.74, 6) is 1.05. The average molecular weight is 288 g/mol. The van der Waals surface area contributed by atoms with Crippen LogP contribution in [0.25, 0.3) is 11.1 Å². The Morgan fingerprint density at radius 1 is 0.773 bits per heavy atom. The lowest BCUT2D eigenvalue weighted by Crippen LogP contribution is -2.18. The molecule has 0 amide bonds. The first-order chi connectivity index (χ1) is 10.7. The van der Waals surface area contributed by atoms with Crippen molar-refractivity contribution in [1.29, 1.82) is 0 Å². The highest BCUT2D eigenvalue weighted by atomic mass is 14.9. The van der Waals surface area contributed by atoms with Crippen LogP contribution in [0.1, 0.15) is 25.2 Å². The van der Waals surface area contributed by atoms with Gasteiger partial charge in [-0.3, -0.25) is 19.9 Å². The van der Waals surface area contributed by atoms with E-state index in [1.165, 1.54) is 11.1 Å². The van der Waals surface area contributed by atoms with Crippen molar-refractivity contribution in [2.24, 2.45) is 22.7 Å². The molecular formula is C18H16N4. The first-order valence-electron chi connectivity index (χ1n) is 7.63. The summed E-state index contributed by atoms with van der Waals surface area (Å²) in [5, 5.41) is 0. The Hall–Kier alpha value is -2.36. The van der Waals surface area contributed by atoms with E-state index in [0.717, 1.165) is 11.4 Å². The molecule has 108 valence electrons. The van der Waals surface area contributed by atoms with Gasteiger partial charge < -0.3 is 0 Å². The van der Waals surface area contributed by atoms with Crippen molar-refractivity contribution in [2.45, 2.75) is 13.8 Å². The lowest BCUT2D eigenvalue weighted by Gasteiger charge is -2.24. The van der Waals surface area contributed by atoms with Gasteiger partial charge in [-0.25, -0.2) is 0 Å². The number of nitrogens with zero attached hydrogens (tertiary/aromatic N) is 4. The zero-order valence-corrected chi connectivity index (χ0v) is 12.6. The molecule has 3 aliphatic carbocycles. The molecule has 4 nitrogen and oxygen atoms in total. The first-order valence-corrected chi connectivity index (χ1v) is 7.63. The van der Waals surface area contributed by atoms with Crippen molar-refractivity contribution >= 4 is 11.1 Å². The van der Waals surface area contributed by atoms with Gasteiger partial charge in [0.05, 0.1) is 23.8 Å². The summed E-state index contributed by atoms with van der Waals surface area (Å²) < 4.78 is 0. The van der Waals surface area contributed by atoms with Gasteiger partial charge in [-0.05, 0) is 16.6 Å². The van der Waals surface area contributed by atoms with E-state index in [4.69, 9.17) is 0 Å². The van der Waals surface area contributed by atoms with Crippen LogP contribution < -0.4 is 0 Å². The lowest BCUT2D eigenvalue weighted by atomic mass is 9.79. The molecule has 5 rings (SSSR count). The maximum absolute atomic E-state index is 4.51. The Morgan fingerprint density at radius 2 is 1.27 bits per heavy atom. The Morgan fingerprint density at radius 3 is 1.64 bits per heavy atom. The van der Waals surface area contributed by atoms with Crippen molar-refractivity contribution in [1.82, 2.24) is 19.9 Å². The molecule has 1 fully saturated rings. The third-order valence-corrected chi connectivity index (χ3v) is 5.98. The van der Waals surface area contributed by atoms with Crippen LogP contribution in [0.15, 0.2) is 49.3 Å². The number of aromatic nitrogens is 4. The summed E-state index contributed by atoms with van der Waals surface area (Å²) in [6, 6.07) is 0. The van der Waals surface area contributed by atoms with E-state index in [-0.39, 0.29) is 10.8 Å². The van der Waals surface area contributed by atoms with Gasteiger partial charge >= 0.3 is 0 Å². The molecule has 0 spiro atoms. The minimum absolute atomic E-state index is 0.0715. The fourth-order valence-electron chi connectivity index (χ4n) is 4.73. The van der Waals surface area contributed by atoms with Gasteiger partial charge in [0.25, 0.3) is 0 Å². The third kappa shape index (κ3) is 1.24. The van der Waals surface area contributed by atoms with Crippen LogP contribution in [0.3, 0.4) is 0 Å². The van der Waals surface area contributed by atoms with Crippen molar-refractivity contribution in [3.63, 3.8) is 0 Å². The van der Waals surface area contributed by atoms with E-state index in [1.54, 1.807) is 24.8 Å². The molecule has 0 N–H and O–H groups in total. The molecule has 0 aliphatic heterocycles. The third-order valence-electron chi connectivity index (χ3n) is 5.98. The van der Waals surface area contributed by atoms with Crippen LogP contribution in [0.2, 0.25) is 0 Å². The molecule has 22 heavy (non-hydrogen) atoms. The Labute approximate surface area is 129 Å². The van der Waals surface area contributed by atoms with E-state index in [1.807, 2.05) is 12.4 Å². The minimum atomic E-state index is 0.0715. The van der Waals surface area contributed by atoms with Gasteiger partial charge in [0, 0.05) is 42.0 Å². The molecule has 2 aromatic rings. The smallest absolute Gasteiger partial charge is 0.0845 e. The number of hydrogen-bond donors (Lipinski definition) is 0. The maximum atomic E-state index is 4.51. The summed E-state index contributed by atoms with van der Waals surface area (Å²) in [7, 11) is 0. The highest BCUT2D eigenvalue weighted by molar-refractivity contribution is 5.87. The molecule has 3 aliphatic rings. The molecule has 0 saturated heterocycles. The molecule has 2 heterocycles. The van der Waals surface area contributed by atoms with E-state index >= 15 is 0 Å². The molecule has 0 aromatic carbocycles. The van der Waals surface area contributed by atoms with E-state index in [9.17, 15) is 0 Å². The summed E-state index contributed by atoms with van der Waals surface area (Å²) in [4.78, 5) is 17.5.